The van der Waals surface area contributed by atoms with Gasteiger partial charge in [0.2, 0.25) is 0 Å². The fourth-order valence-electron chi connectivity index (χ4n) is 2.70. The molecule has 0 aromatic heterocycles. The first-order chi connectivity index (χ1) is 13.2. The number of benzene rings is 2. The normalized spacial score (nSPS) is 11.0. The molecule has 2 aromatic rings. The van der Waals surface area contributed by atoms with Gasteiger partial charge in [-0.2, -0.15) is 0 Å². The molecular weight excluding hydrogens is 340 g/mol. The molecule has 0 radical (unpaired) electrons. The number of carbonyl (C=O) groups is 1. The van der Waals surface area contributed by atoms with Gasteiger partial charge in [-0.25, -0.2) is 0 Å². The van der Waals surface area contributed by atoms with Gasteiger partial charge in [-0.1, -0.05) is 37.3 Å². The standard InChI is InChI=1S/C21H28N4O2/c1-4-16-8-5-6-9-18(16)15-25-21(22-2)24-13-12-23-20(26)17-10-7-11-19(14-17)27-3/h5-11,14H,4,12-13,15H2,1-3H3,(H,23,26)(H2,22,24,25). The molecule has 0 aliphatic carbocycles. The highest BCUT2D eigenvalue weighted by Crippen LogP contribution is 2.12. The van der Waals surface area contributed by atoms with Crippen LogP contribution in [0.15, 0.2) is 53.5 Å². The zero-order valence-electron chi connectivity index (χ0n) is 16.2. The smallest absolute Gasteiger partial charge is 0.251 e. The molecule has 27 heavy (non-hydrogen) atoms. The first-order valence-electron chi connectivity index (χ1n) is 9.11. The minimum atomic E-state index is -0.129. The molecular formula is C21H28N4O2. The monoisotopic (exact) mass is 368 g/mol. The maximum atomic E-state index is 12.2. The van der Waals surface area contributed by atoms with Crippen molar-refractivity contribution in [2.24, 2.45) is 4.99 Å². The number of methoxy groups -OCH3 is 1. The van der Waals surface area contributed by atoms with E-state index in [1.807, 2.05) is 12.1 Å². The van der Waals surface area contributed by atoms with Crippen molar-refractivity contribution in [1.29, 1.82) is 0 Å². The first-order valence-corrected chi connectivity index (χ1v) is 9.11. The summed E-state index contributed by atoms with van der Waals surface area (Å²) in [5.74, 6) is 1.24. The van der Waals surface area contributed by atoms with Gasteiger partial charge in [0, 0.05) is 32.2 Å². The lowest BCUT2D eigenvalue weighted by Gasteiger charge is -2.14. The van der Waals surface area contributed by atoms with Crippen LogP contribution in [0.3, 0.4) is 0 Å². The number of rotatable bonds is 8. The Labute approximate surface area is 161 Å². The summed E-state index contributed by atoms with van der Waals surface area (Å²) in [6.45, 7) is 3.92. The van der Waals surface area contributed by atoms with Gasteiger partial charge in [-0.15, -0.1) is 0 Å². The van der Waals surface area contributed by atoms with E-state index in [1.165, 1.54) is 11.1 Å². The second-order valence-corrected chi connectivity index (χ2v) is 5.96. The summed E-state index contributed by atoms with van der Waals surface area (Å²) in [7, 11) is 3.31. The van der Waals surface area contributed by atoms with Gasteiger partial charge in [0.05, 0.1) is 7.11 Å². The number of carbonyl (C=O) groups excluding carboxylic acids is 1. The average Bonchev–Trinajstić information content (AvgIpc) is 2.73. The van der Waals surface area contributed by atoms with Crippen molar-refractivity contribution in [2.75, 3.05) is 27.2 Å². The van der Waals surface area contributed by atoms with Crippen LogP contribution in [0.25, 0.3) is 0 Å². The van der Waals surface area contributed by atoms with Crippen molar-refractivity contribution in [3.63, 3.8) is 0 Å². The number of hydrogen-bond donors (Lipinski definition) is 3. The van der Waals surface area contributed by atoms with E-state index in [0.29, 0.717) is 36.9 Å². The van der Waals surface area contributed by atoms with Gasteiger partial charge in [0.1, 0.15) is 5.75 Å². The predicted octanol–water partition coefficient (Wildman–Crippen LogP) is 2.35. The van der Waals surface area contributed by atoms with E-state index in [9.17, 15) is 4.79 Å². The van der Waals surface area contributed by atoms with Gasteiger partial charge in [0.25, 0.3) is 5.91 Å². The zero-order chi connectivity index (χ0) is 19.5. The van der Waals surface area contributed by atoms with E-state index in [1.54, 1.807) is 32.4 Å². The number of aryl methyl sites for hydroxylation is 1. The SMILES string of the molecule is CCc1ccccc1CNC(=NC)NCCNC(=O)c1cccc(OC)c1. The molecule has 0 aliphatic rings. The number of hydrogen-bond acceptors (Lipinski definition) is 3. The lowest BCUT2D eigenvalue weighted by molar-refractivity contribution is 0.0954. The third-order valence-electron chi connectivity index (χ3n) is 4.20. The molecule has 0 saturated heterocycles. The number of guanidine groups is 1. The Morgan fingerprint density at radius 1 is 1.00 bits per heavy atom. The highest BCUT2D eigenvalue weighted by Gasteiger charge is 2.06. The summed E-state index contributed by atoms with van der Waals surface area (Å²) in [5, 5.41) is 9.39. The minimum Gasteiger partial charge on any atom is -0.497 e. The number of amides is 1. The van der Waals surface area contributed by atoms with Crippen LogP contribution in [0, 0.1) is 0 Å². The van der Waals surface area contributed by atoms with Crippen molar-refractivity contribution in [3.8, 4) is 5.75 Å². The second kappa shape index (κ2) is 10.9. The van der Waals surface area contributed by atoms with E-state index in [2.05, 4.69) is 46.1 Å². The summed E-state index contributed by atoms with van der Waals surface area (Å²) in [6, 6.07) is 15.4. The van der Waals surface area contributed by atoms with Crippen LogP contribution in [0.1, 0.15) is 28.4 Å². The van der Waals surface area contributed by atoms with Gasteiger partial charge in [0.15, 0.2) is 5.96 Å². The van der Waals surface area contributed by atoms with Gasteiger partial charge in [-0.3, -0.25) is 9.79 Å². The van der Waals surface area contributed by atoms with E-state index in [-0.39, 0.29) is 5.91 Å². The lowest BCUT2D eigenvalue weighted by atomic mass is 10.1. The maximum Gasteiger partial charge on any atom is 0.251 e. The second-order valence-electron chi connectivity index (χ2n) is 5.96. The fourth-order valence-corrected chi connectivity index (χ4v) is 2.70. The fraction of sp³-hybridized carbons (Fsp3) is 0.333. The Balaban J connectivity index is 1.75. The lowest BCUT2D eigenvalue weighted by Crippen LogP contribution is -2.41. The third-order valence-corrected chi connectivity index (χ3v) is 4.20. The molecule has 0 spiro atoms. The summed E-state index contributed by atoms with van der Waals surface area (Å²) < 4.78 is 5.14. The molecule has 0 fully saturated rings. The molecule has 0 unspecified atom stereocenters. The predicted molar refractivity (Wildman–Crippen MR) is 109 cm³/mol. The molecule has 3 N–H and O–H groups in total. The molecule has 1 amide bonds. The van der Waals surface area contributed by atoms with Crippen molar-refractivity contribution in [3.05, 3.63) is 65.2 Å². The number of ether oxygens (including phenoxy) is 1. The number of nitrogens with one attached hydrogen (secondary N) is 3. The Kier molecular flexibility index (Phi) is 8.16. The zero-order valence-corrected chi connectivity index (χ0v) is 16.2. The summed E-state index contributed by atoms with van der Waals surface area (Å²) >= 11 is 0. The summed E-state index contributed by atoms with van der Waals surface area (Å²) in [4.78, 5) is 16.4. The molecule has 6 nitrogen and oxygen atoms in total. The van der Waals surface area contributed by atoms with Crippen LogP contribution < -0.4 is 20.7 Å². The molecule has 2 aromatic carbocycles. The number of nitrogens with zero attached hydrogens (tertiary/aromatic N) is 1. The third kappa shape index (κ3) is 6.33. The molecule has 144 valence electrons. The quantitative estimate of drug-likeness (QED) is 0.380. The average molecular weight is 368 g/mol. The molecule has 0 heterocycles. The van der Waals surface area contributed by atoms with Crippen LogP contribution in [0.4, 0.5) is 0 Å². The van der Waals surface area contributed by atoms with E-state index >= 15 is 0 Å². The van der Waals surface area contributed by atoms with Crippen LogP contribution >= 0.6 is 0 Å². The Morgan fingerprint density at radius 2 is 1.74 bits per heavy atom. The van der Waals surface area contributed by atoms with Gasteiger partial charge < -0.3 is 20.7 Å². The minimum absolute atomic E-state index is 0.129. The van der Waals surface area contributed by atoms with Crippen molar-refractivity contribution in [1.82, 2.24) is 16.0 Å². The molecule has 0 bridgehead atoms. The van der Waals surface area contributed by atoms with E-state index in [4.69, 9.17) is 4.74 Å². The van der Waals surface area contributed by atoms with E-state index < -0.39 is 0 Å². The number of aliphatic imine (C=N–C) groups is 1. The highest BCUT2D eigenvalue weighted by molar-refractivity contribution is 5.94. The summed E-state index contributed by atoms with van der Waals surface area (Å²) in [5.41, 5.74) is 3.16. The van der Waals surface area contributed by atoms with Gasteiger partial charge >= 0.3 is 0 Å². The Morgan fingerprint density at radius 3 is 2.44 bits per heavy atom. The van der Waals surface area contributed by atoms with Crippen molar-refractivity contribution in [2.45, 2.75) is 19.9 Å². The maximum absolute atomic E-state index is 12.2. The van der Waals surface area contributed by atoms with Crippen LogP contribution in [0.2, 0.25) is 0 Å². The van der Waals surface area contributed by atoms with E-state index in [0.717, 1.165) is 6.42 Å². The van der Waals surface area contributed by atoms with Crippen LogP contribution in [0.5, 0.6) is 5.75 Å². The Hall–Kier alpha value is -3.02. The Bertz CT molecular complexity index is 774. The molecule has 0 aliphatic heterocycles. The molecule has 6 heteroatoms. The van der Waals surface area contributed by atoms with Gasteiger partial charge in [-0.05, 0) is 35.7 Å². The largest absolute Gasteiger partial charge is 0.497 e. The summed E-state index contributed by atoms with van der Waals surface area (Å²) in [6.07, 6.45) is 1.00. The first kappa shape index (κ1) is 20.3. The van der Waals surface area contributed by atoms with Crippen molar-refractivity contribution < 1.29 is 9.53 Å². The van der Waals surface area contributed by atoms with Crippen molar-refractivity contribution >= 4 is 11.9 Å². The van der Waals surface area contributed by atoms with Crippen LogP contribution in [-0.4, -0.2) is 39.1 Å². The topological polar surface area (TPSA) is 74.8 Å². The molecule has 0 saturated carbocycles. The molecule has 2 rings (SSSR count). The highest BCUT2D eigenvalue weighted by atomic mass is 16.5. The molecule has 0 atom stereocenters. The van der Waals surface area contributed by atoms with Crippen LogP contribution in [-0.2, 0) is 13.0 Å².